The Kier molecular flexibility index (Phi) is 6.17. The number of amides is 2. The number of aryl methyl sites for hydroxylation is 1. The molecule has 2 N–H and O–H groups in total. The lowest BCUT2D eigenvalue weighted by atomic mass is 10.1. The molecule has 0 aliphatic carbocycles. The van der Waals surface area contributed by atoms with Crippen LogP contribution in [-0.4, -0.2) is 31.5 Å². The van der Waals surface area contributed by atoms with Crippen molar-refractivity contribution < 1.29 is 14.3 Å². The van der Waals surface area contributed by atoms with Gasteiger partial charge in [-0.3, -0.25) is 9.59 Å². The highest BCUT2D eigenvalue weighted by atomic mass is 16.5. The van der Waals surface area contributed by atoms with Crippen molar-refractivity contribution >= 4 is 11.8 Å². The molecular formula is C18H20N2O3. The Morgan fingerprint density at radius 3 is 2.52 bits per heavy atom. The predicted molar refractivity (Wildman–Crippen MR) is 88.5 cm³/mol. The molecule has 2 rings (SSSR count). The van der Waals surface area contributed by atoms with Gasteiger partial charge in [0.2, 0.25) is 5.91 Å². The highest BCUT2D eigenvalue weighted by molar-refractivity contribution is 5.96. The average molecular weight is 312 g/mol. The third-order valence-electron chi connectivity index (χ3n) is 3.13. The van der Waals surface area contributed by atoms with Gasteiger partial charge in [0.1, 0.15) is 12.4 Å². The van der Waals surface area contributed by atoms with Crippen molar-refractivity contribution in [2.24, 2.45) is 0 Å². The molecule has 0 aromatic heterocycles. The smallest absolute Gasteiger partial charge is 0.251 e. The summed E-state index contributed by atoms with van der Waals surface area (Å²) >= 11 is 0. The number of carbonyl (C=O) groups excluding carboxylic acids is 2. The number of benzene rings is 2. The second-order valence-corrected chi connectivity index (χ2v) is 5.06. The SMILES string of the molecule is Cc1cccc(C(=O)NCC(=O)NCCOc2ccccc2)c1. The zero-order valence-corrected chi connectivity index (χ0v) is 13.0. The van der Waals surface area contributed by atoms with Gasteiger partial charge in [-0.15, -0.1) is 0 Å². The van der Waals surface area contributed by atoms with Crippen molar-refractivity contribution in [1.82, 2.24) is 10.6 Å². The first kappa shape index (κ1) is 16.5. The van der Waals surface area contributed by atoms with E-state index in [1.54, 1.807) is 12.1 Å². The fourth-order valence-electron chi connectivity index (χ4n) is 1.99. The van der Waals surface area contributed by atoms with E-state index >= 15 is 0 Å². The molecule has 5 nitrogen and oxygen atoms in total. The number of ether oxygens (including phenoxy) is 1. The fraction of sp³-hybridized carbons (Fsp3) is 0.222. The molecule has 0 aliphatic rings. The zero-order valence-electron chi connectivity index (χ0n) is 13.0. The van der Waals surface area contributed by atoms with Gasteiger partial charge in [0.15, 0.2) is 0 Å². The van der Waals surface area contributed by atoms with Crippen LogP contribution in [0.15, 0.2) is 54.6 Å². The van der Waals surface area contributed by atoms with Crippen LogP contribution in [0.4, 0.5) is 0 Å². The minimum absolute atomic E-state index is 0.0574. The molecule has 0 radical (unpaired) electrons. The molecule has 0 unspecified atom stereocenters. The van der Waals surface area contributed by atoms with Crippen LogP contribution in [0.5, 0.6) is 5.75 Å². The lowest BCUT2D eigenvalue weighted by Gasteiger charge is -2.08. The molecule has 0 aliphatic heterocycles. The standard InChI is InChI=1S/C18H20N2O3/c1-14-6-5-7-15(12-14)18(22)20-13-17(21)19-10-11-23-16-8-3-2-4-9-16/h2-9,12H,10-11,13H2,1H3,(H,19,21)(H,20,22). The Bertz CT molecular complexity index is 656. The van der Waals surface area contributed by atoms with Crippen molar-refractivity contribution in [3.8, 4) is 5.75 Å². The second kappa shape index (κ2) is 8.58. The van der Waals surface area contributed by atoms with Crippen molar-refractivity contribution in [1.29, 1.82) is 0 Å². The van der Waals surface area contributed by atoms with E-state index in [0.717, 1.165) is 11.3 Å². The first-order valence-corrected chi connectivity index (χ1v) is 7.44. The van der Waals surface area contributed by atoms with Gasteiger partial charge < -0.3 is 15.4 Å². The molecule has 0 atom stereocenters. The van der Waals surface area contributed by atoms with Crippen LogP contribution in [0.25, 0.3) is 0 Å². The number of nitrogens with one attached hydrogen (secondary N) is 2. The predicted octanol–water partition coefficient (Wildman–Crippen LogP) is 1.92. The minimum Gasteiger partial charge on any atom is -0.492 e. The Balaban J connectivity index is 1.64. The lowest BCUT2D eigenvalue weighted by molar-refractivity contribution is -0.120. The topological polar surface area (TPSA) is 67.4 Å². The largest absolute Gasteiger partial charge is 0.492 e. The number of carbonyl (C=O) groups is 2. The van der Waals surface area contributed by atoms with Crippen molar-refractivity contribution in [3.63, 3.8) is 0 Å². The maximum absolute atomic E-state index is 11.9. The van der Waals surface area contributed by atoms with Gasteiger partial charge in [0.05, 0.1) is 13.1 Å². The summed E-state index contributed by atoms with van der Waals surface area (Å²) in [6, 6.07) is 16.6. The van der Waals surface area contributed by atoms with Gasteiger partial charge in [-0.2, -0.15) is 0 Å². The number of hydrogen-bond donors (Lipinski definition) is 2. The highest BCUT2D eigenvalue weighted by Crippen LogP contribution is 2.07. The molecule has 2 amide bonds. The number of hydrogen-bond acceptors (Lipinski definition) is 3. The highest BCUT2D eigenvalue weighted by Gasteiger charge is 2.07. The Hall–Kier alpha value is -2.82. The molecule has 2 aromatic rings. The molecule has 23 heavy (non-hydrogen) atoms. The summed E-state index contributed by atoms with van der Waals surface area (Å²) in [7, 11) is 0. The summed E-state index contributed by atoms with van der Waals surface area (Å²) in [5.74, 6) is 0.251. The molecule has 0 saturated heterocycles. The summed E-state index contributed by atoms with van der Waals surface area (Å²) in [6.07, 6.45) is 0. The maximum Gasteiger partial charge on any atom is 0.251 e. The van der Waals surface area contributed by atoms with Crippen LogP contribution >= 0.6 is 0 Å². The summed E-state index contributed by atoms with van der Waals surface area (Å²) in [4.78, 5) is 23.6. The van der Waals surface area contributed by atoms with Crippen LogP contribution < -0.4 is 15.4 Å². The summed E-state index contributed by atoms with van der Waals surface area (Å²) in [5.41, 5.74) is 1.55. The monoisotopic (exact) mass is 312 g/mol. The second-order valence-electron chi connectivity index (χ2n) is 5.06. The normalized spacial score (nSPS) is 9.96. The van der Waals surface area contributed by atoms with Gasteiger partial charge in [0, 0.05) is 5.56 Å². The zero-order chi connectivity index (χ0) is 16.5. The van der Waals surface area contributed by atoms with Gasteiger partial charge in [-0.05, 0) is 31.2 Å². The number of para-hydroxylation sites is 1. The molecule has 0 saturated carbocycles. The maximum atomic E-state index is 11.9. The van der Waals surface area contributed by atoms with E-state index in [1.807, 2.05) is 49.4 Å². The van der Waals surface area contributed by atoms with E-state index in [9.17, 15) is 9.59 Å². The lowest BCUT2D eigenvalue weighted by Crippen LogP contribution is -2.38. The Morgan fingerprint density at radius 2 is 1.78 bits per heavy atom. The van der Waals surface area contributed by atoms with E-state index in [-0.39, 0.29) is 18.4 Å². The van der Waals surface area contributed by atoms with E-state index in [2.05, 4.69) is 10.6 Å². The molecule has 120 valence electrons. The number of rotatable bonds is 7. The van der Waals surface area contributed by atoms with E-state index in [4.69, 9.17) is 4.74 Å². The van der Waals surface area contributed by atoms with Gasteiger partial charge in [-0.25, -0.2) is 0 Å². The summed E-state index contributed by atoms with van der Waals surface area (Å²) < 4.78 is 5.46. The van der Waals surface area contributed by atoms with Crippen LogP contribution in [0.2, 0.25) is 0 Å². The van der Waals surface area contributed by atoms with Gasteiger partial charge in [0.25, 0.3) is 5.91 Å². The van der Waals surface area contributed by atoms with E-state index in [0.29, 0.717) is 18.7 Å². The van der Waals surface area contributed by atoms with Crippen molar-refractivity contribution in [3.05, 3.63) is 65.7 Å². The van der Waals surface area contributed by atoms with E-state index < -0.39 is 0 Å². The Morgan fingerprint density at radius 1 is 1.00 bits per heavy atom. The van der Waals surface area contributed by atoms with Crippen LogP contribution in [0.3, 0.4) is 0 Å². The third-order valence-corrected chi connectivity index (χ3v) is 3.13. The summed E-state index contributed by atoms with van der Waals surface area (Å²) in [6.45, 7) is 2.62. The summed E-state index contributed by atoms with van der Waals surface area (Å²) in [5, 5.41) is 5.29. The van der Waals surface area contributed by atoms with E-state index in [1.165, 1.54) is 0 Å². The first-order valence-electron chi connectivity index (χ1n) is 7.44. The van der Waals surface area contributed by atoms with Gasteiger partial charge in [-0.1, -0.05) is 35.9 Å². The third kappa shape index (κ3) is 5.82. The molecular weight excluding hydrogens is 292 g/mol. The molecule has 5 heteroatoms. The minimum atomic E-state index is -0.260. The molecule has 2 aromatic carbocycles. The molecule has 0 bridgehead atoms. The quantitative estimate of drug-likeness (QED) is 0.768. The first-order chi connectivity index (χ1) is 11.1. The van der Waals surface area contributed by atoms with Crippen LogP contribution in [0, 0.1) is 6.92 Å². The van der Waals surface area contributed by atoms with Gasteiger partial charge >= 0.3 is 0 Å². The molecule has 0 spiro atoms. The average Bonchev–Trinajstić information content (AvgIpc) is 2.57. The molecule has 0 fully saturated rings. The van der Waals surface area contributed by atoms with Crippen LogP contribution in [0.1, 0.15) is 15.9 Å². The Labute approximate surface area is 135 Å². The van der Waals surface area contributed by atoms with Crippen molar-refractivity contribution in [2.75, 3.05) is 19.7 Å². The van der Waals surface area contributed by atoms with Crippen molar-refractivity contribution in [2.45, 2.75) is 6.92 Å². The molecule has 0 heterocycles. The van der Waals surface area contributed by atoms with Crippen LogP contribution in [-0.2, 0) is 4.79 Å². The fourth-order valence-corrected chi connectivity index (χ4v) is 1.99.